The number of unbranched alkanes of at least 4 members (excludes halogenated alkanes) is 13. The van der Waals surface area contributed by atoms with Crippen molar-refractivity contribution in [2.75, 3.05) is 56.5 Å². The Morgan fingerprint density at radius 2 is 0.673 bits per heavy atom. The number of hydrogen-bond acceptors (Lipinski definition) is 8. The van der Waals surface area contributed by atoms with E-state index < -0.39 is 63.6 Å². The van der Waals surface area contributed by atoms with Crippen molar-refractivity contribution in [1.29, 1.82) is 0 Å². The van der Waals surface area contributed by atoms with Gasteiger partial charge in [0.2, 0.25) is 0 Å². The van der Waals surface area contributed by atoms with Gasteiger partial charge in [0.05, 0.1) is 49.5 Å². The summed E-state index contributed by atoms with van der Waals surface area (Å²) in [5.41, 5.74) is 3.55. The van der Waals surface area contributed by atoms with E-state index in [0.29, 0.717) is 78.0 Å². The predicted octanol–water partition coefficient (Wildman–Crippen LogP) is 20.5. The highest BCUT2D eigenvalue weighted by Gasteiger charge is 2.48. The van der Waals surface area contributed by atoms with Crippen LogP contribution in [0.2, 0.25) is 0 Å². The third-order valence-corrected chi connectivity index (χ3v) is 18.5. The first-order valence-corrected chi connectivity index (χ1v) is 39.3. The van der Waals surface area contributed by atoms with Crippen LogP contribution in [0.1, 0.15) is 171 Å². The van der Waals surface area contributed by atoms with E-state index in [2.05, 4.69) is 12.1 Å². The fraction of sp³-hybridized carbons (Fsp3) is 0.500. The number of halogens is 17. The number of aliphatic hydroxyl groups excluding tert-OH is 3. The molecule has 0 aliphatic heterocycles. The van der Waals surface area contributed by atoms with Crippen LogP contribution in [0.25, 0.3) is 0 Å². The summed E-state index contributed by atoms with van der Waals surface area (Å²) in [4.78, 5) is 20.0. The van der Waals surface area contributed by atoms with Gasteiger partial charge in [0.15, 0.2) is 0 Å². The minimum absolute atomic E-state index is 0. The van der Waals surface area contributed by atoms with Crippen molar-refractivity contribution in [3.8, 4) is 0 Å². The van der Waals surface area contributed by atoms with Crippen molar-refractivity contribution in [2.24, 2.45) is 0 Å². The Labute approximate surface area is 664 Å². The molecular formula is C80H110Cl4F12IO9P. The SMILES string of the molecule is CCO.ClCCl.ClCCl.FC(F)(F)C/C=C/CCCCOCc1ccccc1.FC(F)(F)CC[P+](c1ccccc1)(c1ccccc1)c1ccccc1.O=C(O)CCCCCCC(F)(F)F.O=CCCCCOCc1ccccc1.OCCCCCCCC(F)(F)F.OCCCCCOCc1ccccc1.[I-]. The molecule has 0 saturated carbocycles. The molecule has 0 heterocycles. The molecule has 608 valence electrons. The van der Waals surface area contributed by atoms with E-state index in [1.807, 2.05) is 170 Å². The quantitative estimate of drug-likeness (QED) is 0.00564. The average molecular weight is 1740 g/mol. The first-order chi connectivity index (χ1) is 50.7. The van der Waals surface area contributed by atoms with Gasteiger partial charge in [0.1, 0.15) is 29.5 Å². The number of carbonyl (C=O) groups excluding carboxylic acids is 1. The van der Waals surface area contributed by atoms with Gasteiger partial charge in [-0.05, 0) is 137 Å². The van der Waals surface area contributed by atoms with Crippen molar-refractivity contribution in [1.82, 2.24) is 0 Å². The number of rotatable bonds is 39. The van der Waals surface area contributed by atoms with E-state index in [1.165, 1.54) is 17.2 Å². The molecule has 0 bridgehead atoms. The van der Waals surface area contributed by atoms with Crippen molar-refractivity contribution in [3.63, 3.8) is 0 Å². The Morgan fingerprint density at radius 1 is 0.393 bits per heavy atom. The summed E-state index contributed by atoms with van der Waals surface area (Å²) in [6.07, 6.45) is -2.95. The molecule has 107 heavy (non-hydrogen) atoms. The molecule has 0 unspecified atom stereocenters. The average Bonchev–Trinajstić information content (AvgIpc) is 0.758. The summed E-state index contributed by atoms with van der Waals surface area (Å²) >= 11 is 19.1. The number of carbonyl (C=O) groups is 2. The standard InChI is InChI=1S/C21H19F3P.C15H19F3O.C12H18O2.C12H16O2.C8H13F3O2.C8H15F3O.C2H6O.2CH2Cl2.HI/c22-21(23,24)16-17-25(18-10-4-1-5-11-18,19-12-6-2-7-13-19)20-14-8-3-9-15-20;16-15(17,18)11-7-2-1-3-8-12-19-13-14-9-5-4-6-10-14;2*13-9-5-2-6-10-14-11-12-7-3-1-4-8-12;9-8(10,11)6-4-2-1-3-5-7(12)13;9-8(10,11)6-4-2-1-3-5-7-12;1-2-3;2*2-1-3;/h1-15H,16-17H2;2,4-7,9-10H,1,3,8,11-13H2;1,3-4,7-8,13H,2,5-6,9-11H2;1,3-4,7-9H,2,5-6,10-11H2;1-6H2,(H,12,13);12H,1-7H2;3H,2H2,1H3;2*1H2;1H/q+1;;;;;;;;;/p-1/b;7-2+;;;;;;;;. The van der Waals surface area contributed by atoms with Gasteiger partial charge in [0, 0.05) is 65.3 Å². The maximum absolute atomic E-state index is 13.2. The highest BCUT2D eigenvalue weighted by molar-refractivity contribution is 7.95. The lowest BCUT2D eigenvalue weighted by Gasteiger charge is -2.28. The molecule has 0 fully saturated rings. The predicted molar refractivity (Wildman–Crippen MR) is 412 cm³/mol. The van der Waals surface area contributed by atoms with Gasteiger partial charge in [-0.1, -0.05) is 190 Å². The van der Waals surface area contributed by atoms with Crippen LogP contribution >= 0.6 is 53.7 Å². The highest BCUT2D eigenvalue weighted by Crippen LogP contribution is 2.56. The fourth-order valence-corrected chi connectivity index (χ4v) is 13.4. The topological polar surface area (TPSA) is 143 Å². The zero-order valence-electron chi connectivity index (χ0n) is 61.0. The maximum Gasteiger partial charge on any atom is 0.392 e. The number of aliphatic carboxylic acids is 1. The van der Waals surface area contributed by atoms with Crippen LogP contribution in [-0.2, 0) is 43.6 Å². The van der Waals surface area contributed by atoms with Crippen molar-refractivity contribution < 1.29 is 121 Å². The van der Waals surface area contributed by atoms with E-state index in [9.17, 15) is 62.3 Å². The van der Waals surface area contributed by atoms with E-state index in [1.54, 1.807) is 13.0 Å². The molecule has 0 spiro atoms. The van der Waals surface area contributed by atoms with Crippen molar-refractivity contribution >= 4 is 81.8 Å². The van der Waals surface area contributed by atoms with Crippen LogP contribution < -0.4 is 39.9 Å². The first-order valence-electron chi connectivity index (χ1n) is 35.2. The van der Waals surface area contributed by atoms with Gasteiger partial charge in [0.25, 0.3) is 0 Å². The van der Waals surface area contributed by atoms with Crippen LogP contribution in [0.4, 0.5) is 52.7 Å². The van der Waals surface area contributed by atoms with E-state index >= 15 is 0 Å². The number of allylic oxidation sites excluding steroid dienone is 2. The van der Waals surface area contributed by atoms with Gasteiger partial charge >= 0.3 is 30.7 Å². The number of hydrogen-bond donors (Lipinski definition) is 4. The summed E-state index contributed by atoms with van der Waals surface area (Å²) in [5.74, 6) is -0.893. The summed E-state index contributed by atoms with van der Waals surface area (Å²) in [6, 6.07) is 59.1. The molecule has 0 atom stereocenters. The lowest BCUT2D eigenvalue weighted by Crippen LogP contribution is -3.00. The molecule has 9 nitrogen and oxygen atoms in total. The summed E-state index contributed by atoms with van der Waals surface area (Å²) in [5, 5.41) is 36.1. The van der Waals surface area contributed by atoms with Gasteiger partial charge in [-0.2, -0.15) is 52.7 Å². The number of carboxylic acid groups (broad SMARTS) is 1. The van der Waals surface area contributed by atoms with Crippen LogP contribution in [0.5, 0.6) is 0 Å². The third kappa shape index (κ3) is 74.0. The fourth-order valence-electron chi connectivity index (χ4n) is 9.12. The van der Waals surface area contributed by atoms with Crippen LogP contribution in [0, 0.1) is 0 Å². The number of alkyl halides is 16. The minimum atomic E-state index is -4.18. The summed E-state index contributed by atoms with van der Waals surface area (Å²) in [6.45, 7) is 6.48. The number of carboxylic acids is 1. The zero-order valence-corrected chi connectivity index (χ0v) is 67.1. The molecular weight excluding hydrogens is 1630 g/mol. The first kappa shape index (κ1) is 109. The Balaban J connectivity index is -0.000000591. The van der Waals surface area contributed by atoms with Gasteiger partial charge in [-0.25, -0.2) is 0 Å². The van der Waals surface area contributed by atoms with E-state index in [4.69, 9.17) is 81.0 Å². The van der Waals surface area contributed by atoms with Crippen LogP contribution in [0.3, 0.4) is 0 Å². The molecule has 6 aromatic rings. The summed E-state index contributed by atoms with van der Waals surface area (Å²) < 4.78 is 161. The number of aliphatic hydroxyl groups is 3. The Hall–Kier alpha value is -4.56. The molecule has 6 aromatic carbocycles. The van der Waals surface area contributed by atoms with Gasteiger partial charge in [-0.3, -0.25) is 4.79 Å². The lowest BCUT2D eigenvalue weighted by molar-refractivity contribution is -0.138. The number of aldehydes is 1. The monoisotopic (exact) mass is 1740 g/mol. The molecule has 6 rings (SSSR count). The number of ether oxygens (including phenoxy) is 3. The smallest absolute Gasteiger partial charge is 0.392 e. The largest absolute Gasteiger partial charge is 1.00 e. The van der Waals surface area contributed by atoms with E-state index in [-0.39, 0.29) is 73.3 Å². The molecule has 0 saturated heterocycles. The minimum Gasteiger partial charge on any atom is -1.00 e. The molecule has 0 amide bonds. The number of benzene rings is 6. The molecule has 0 aliphatic carbocycles. The second-order valence-electron chi connectivity index (χ2n) is 23.1. The lowest BCUT2D eigenvalue weighted by atomic mass is 10.1. The van der Waals surface area contributed by atoms with E-state index in [0.717, 1.165) is 98.8 Å². The molecule has 0 aromatic heterocycles. The highest BCUT2D eigenvalue weighted by atomic mass is 127. The second kappa shape index (κ2) is 74.2. The molecule has 27 heteroatoms. The molecule has 4 N–H and O–H groups in total. The normalized spacial score (nSPS) is 10.9. The third-order valence-electron chi connectivity index (χ3n) is 14.1. The van der Waals surface area contributed by atoms with Crippen LogP contribution in [0.15, 0.2) is 194 Å². The van der Waals surface area contributed by atoms with Gasteiger partial charge in [-0.15, -0.1) is 46.4 Å². The molecule has 0 radical (unpaired) electrons. The van der Waals surface area contributed by atoms with Crippen molar-refractivity contribution in [2.45, 2.75) is 199 Å². The summed E-state index contributed by atoms with van der Waals surface area (Å²) in [7, 11) is -2.37. The molecule has 0 aliphatic rings. The Morgan fingerprint density at radius 3 is 0.972 bits per heavy atom. The maximum atomic E-state index is 13.2. The Kier molecular flexibility index (Phi) is 75.4. The van der Waals surface area contributed by atoms with Crippen molar-refractivity contribution in [3.05, 3.63) is 211 Å². The Bertz CT molecular complexity index is 2770. The second-order valence-corrected chi connectivity index (χ2v) is 28.3. The zero-order chi connectivity index (χ0) is 79.7. The van der Waals surface area contributed by atoms with Gasteiger partial charge < -0.3 is 63.4 Å². The van der Waals surface area contributed by atoms with Crippen LogP contribution in [-0.4, -0.2) is 114 Å².